The summed E-state index contributed by atoms with van der Waals surface area (Å²) in [5.74, 6) is 0.0742. The first-order valence-corrected chi connectivity index (χ1v) is 7.28. The Bertz CT molecular complexity index is 297. The topological polar surface area (TPSA) is 58.6 Å². The molecule has 0 aromatic rings. The Hall–Kier alpha value is -1.26. The Labute approximate surface area is 115 Å². The normalized spacial score (nSPS) is 17.8. The highest BCUT2D eigenvalue weighted by atomic mass is 16.5. The fourth-order valence-corrected chi connectivity index (χ4v) is 2.30. The molecule has 0 bridgehead atoms. The highest BCUT2D eigenvalue weighted by Crippen LogP contribution is 2.13. The van der Waals surface area contributed by atoms with E-state index in [-0.39, 0.29) is 11.8 Å². The second kappa shape index (κ2) is 8.02. The molecule has 1 aliphatic heterocycles. The number of amides is 2. The summed E-state index contributed by atoms with van der Waals surface area (Å²) >= 11 is 0. The lowest BCUT2D eigenvalue weighted by Gasteiger charge is -2.28. The Balaban J connectivity index is 2.63. The van der Waals surface area contributed by atoms with Gasteiger partial charge < -0.3 is 15.0 Å². The molecule has 0 aliphatic carbocycles. The van der Waals surface area contributed by atoms with Gasteiger partial charge in [-0.1, -0.05) is 26.7 Å². The van der Waals surface area contributed by atoms with E-state index in [0.29, 0.717) is 6.61 Å². The van der Waals surface area contributed by atoms with Crippen molar-refractivity contribution in [3.8, 4) is 0 Å². The van der Waals surface area contributed by atoms with Crippen molar-refractivity contribution in [3.05, 3.63) is 0 Å². The van der Waals surface area contributed by atoms with Crippen LogP contribution in [0, 0.1) is 5.92 Å². The molecule has 5 heteroatoms. The summed E-state index contributed by atoms with van der Waals surface area (Å²) in [5, 5.41) is 2.68. The zero-order valence-corrected chi connectivity index (χ0v) is 12.3. The average molecular weight is 270 g/mol. The molecule has 0 spiro atoms. The third-order valence-corrected chi connectivity index (χ3v) is 3.40. The number of carbonyl (C=O) groups is 2. The van der Waals surface area contributed by atoms with Crippen molar-refractivity contribution in [1.82, 2.24) is 10.2 Å². The van der Waals surface area contributed by atoms with Crippen LogP contribution in [0.15, 0.2) is 0 Å². The molecule has 2 amide bonds. The van der Waals surface area contributed by atoms with Gasteiger partial charge in [0.25, 0.3) is 0 Å². The molecular formula is C14H26N2O3. The van der Waals surface area contributed by atoms with Crippen LogP contribution in [0.2, 0.25) is 0 Å². The van der Waals surface area contributed by atoms with E-state index in [9.17, 15) is 9.59 Å². The molecule has 1 aliphatic rings. The maximum absolute atomic E-state index is 12.5. The van der Waals surface area contributed by atoms with Gasteiger partial charge >= 0.3 is 6.09 Å². The largest absolute Gasteiger partial charge is 0.450 e. The standard InChI is InChI=1S/C14H26N2O3/c1-4-19-14(18)15-12(11(2)3)13(17)16-9-7-5-6-8-10-16/h11-12H,4-10H2,1-3H3,(H,15,18). The summed E-state index contributed by atoms with van der Waals surface area (Å²) in [6.07, 6.45) is 3.96. The van der Waals surface area contributed by atoms with Crippen molar-refractivity contribution < 1.29 is 14.3 Å². The van der Waals surface area contributed by atoms with Crippen LogP contribution < -0.4 is 5.32 Å². The van der Waals surface area contributed by atoms with Crippen LogP contribution in [0.3, 0.4) is 0 Å². The van der Waals surface area contributed by atoms with E-state index in [1.165, 1.54) is 12.8 Å². The lowest BCUT2D eigenvalue weighted by molar-refractivity contribution is -0.134. The lowest BCUT2D eigenvalue weighted by Crippen LogP contribution is -2.51. The maximum Gasteiger partial charge on any atom is 0.407 e. The molecule has 1 heterocycles. The van der Waals surface area contributed by atoms with E-state index in [1.54, 1.807) is 6.92 Å². The summed E-state index contributed by atoms with van der Waals surface area (Å²) in [4.78, 5) is 25.9. The molecule has 1 fully saturated rings. The van der Waals surface area contributed by atoms with Gasteiger partial charge in [-0.15, -0.1) is 0 Å². The monoisotopic (exact) mass is 270 g/mol. The summed E-state index contributed by atoms with van der Waals surface area (Å²) in [7, 11) is 0. The maximum atomic E-state index is 12.5. The van der Waals surface area contributed by atoms with Crippen molar-refractivity contribution in [1.29, 1.82) is 0 Å². The molecule has 1 saturated heterocycles. The third-order valence-electron chi connectivity index (χ3n) is 3.40. The van der Waals surface area contributed by atoms with Gasteiger partial charge in [-0.25, -0.2) is 4.79 Å². The summed E-state index contributed by atoms with van der Waals surface area (Å²) in [5.41, 5.74) is 0. The predicted molar refractivity (Wildman–Crippen MR) is 73.8 cm³/mol. The van der Waals surface area contributed by atoms with E-state index >= 15 is 0 Å². The van der Waals surface area contributed by atoms with Crippen LogP contribution >= 0.6 is 0 Å². The van der Waals surface area contributed by atoms with Crippen molar-refractivity contribution in [2.75, 3.05) is 19.7 Å². The molecule has 1 rings (SSSR count). The molecule has 19 heavy (non-hydrogen) atoms. The number of nitrogens with one attached hydrogen (secondary N) is 1. The molecule has 1 N–H and O–H groups in total. The number of likely N-dealkylation sites (tertiary alicyclic amines) is 1. The first-order chi connectivity index (χ1) is 9.06. The second-order valence-corrected chi connectivity index (χ2v) is 5.33. The minimum absolute atomic E-state index is 0.0185. The highest BCUT2D eigenvalue weighted by molar-refractivity contribution is 5.86. The van der Waals surface area contributed by atoms with Crippen LogP contribution in [0.25, 0.3) is 0 Å². The first-order valence-electron chi connectivity index (χ1n) is 7.28. The van der Waals surface area contributed by atoms with Crippen LogP contribution in [-0.2, 0) is 9.53 Å². The predicted octanol–water partition coefficient (Wildman–Crippen LogP) is 2.16. The fourth-order valence-electron chi connectivity index (χ4n) is 2.30. The Morgan fingerprint density at radius 3 is 2.21 bits per heavy atom. The van der Waals surface area contributed by atoms with Crippen molar-refractivity contribution in [2.45, 2.75) is 52.5 Å². The van der Waals surface area contributed by atoms with Gasteiger partial charge in [0.2, 0.25) is 5.91 Å². The average Bonchev–Trinajstić information content (AvgIpc) is 2.64. The van der Waals surface area contributed by atoms with Crippen LogP contribution in [0.4, 0.5) is 4.79 Å². The van der Waals surface area contributed by atoms with Crippen LogP contribution in [-0.4, -0.2) is 42.6 Å². The number of ether oxygens (including phenoxy) is 1. The minimum Gasteiger partial charge on any atom is -0.450 e. The zero-order valence-electron chi connectivity index (χ0n) is 12.3. The van der Waals surface area contributed by atoms with Gasteiger partial charge in [0, 0.05) is 13.1 Å². The summed E-state index contributed by atoms with van der Waals surface area (Å²) < 4.78 is 4.86. The van der Waals surface area contributed by atoms with E-state index in [2.05, 4.69) is 5.32 Å². The Kier molecular flexibility index (Phi) is 6.67. The van der Waals surface area contributed by atoms with E-state index < -0.39 is 12.1 Å². The number of hydrogen-bond donors (Lipinski definition) is 1. The number of hydrogen-bond acceptors (Lipinski definition) is 3. The second-order valence-electron chi connectivity index (χ2n) is 5.33. The van der Waals surface area contributed by atoms with Gasteiger partial charge in [-0.3, -0.25) is 4.79 Å². The molecule has 1 unspecified atom stereocenters. The third kappa shape index (κ3) is 5.09. The lowest BCUT2D eigenvalue weighted by atomic mass is 10.0. The molecular weight excluding hydrogens is 244 g/mol. The molecule has 0 aromatic carbocycles. The molecule has 0 saturated carbocycles. The van der Waals surface area contributed by atoms with Crippen molar-refractivity contribution in [2.24, 2.45) is 5.92 Å². The highest BCUT2D eigenvalue weighted by Gasteiger charge is 2.29. The number of rotatable bonds is 4. The molecule has 1 atom stereocenters. The van der Waals surface area contributed by atoms with Gasteiger partial charge in [0.1, 0.15) is 6.04 Å². The number of nitrogens with zero attached hydrogens (tertiary/aromatic N) is 1. The van der Waals surface area contributed by atoms with E-state index in [0.717, 1.165) is 25.9 Å². The van der Waals surface area contributed by atoms with Crippen molar-refractivity contribution in [3.63, 3.8) is 0 Å². The van der Waals surface area contributed by atoms with Crippen molar-refractivity contribution >= 4 is 12.0 Å². The van der Waals surface area contributed by atoms with Gasteiger partial charge in [-0.2, -0.15) is 0 Å². The molecule has 0 aromatic heterocycles. The molecule has 0 radical (unpaired) electrons. The molecule has 5 nitrogen and oxygen atoms in total. The first kappa shape index (κ1) is 15.8. The smallest absolute Gasteiger partial charge is 0.407 e. The summed E-state index contributed by atoms with van der Waals surface area (Å²) in [6.45, 7) is 7.54. The Morgan fingerprint density at radius 1 is 1.16 bits per heavy atom. The van der Waals surface area contributed by atoms with Gasteiger partial charge in [-0.05, 0) is 25.7 Å². The fraction of sp³-hybridized carbons (Fsp3) is 0.857. The quantitative estimate of drug-likeness (QED) is 0.851. The van der Waals surface area contributed by atoms with Gasteiger partial charge in [0.15, 0.2) is 0 Å². The van der Waals surface area contributed by atoms with E-state index in [1.807, 2.05) is 18.7 Å². The zero-order chi connectivity index (χ0) is 14.3. The van der Waals surface area contributed by atoms with Gasteiger partial charge in [0.05, 0.1) is 6.61 Å². The van der Waals surface area contributed by atoms with Crippen LogP contribution in [0.1, 0.15) is 46.5 Å². The minimum atomic E-state index is -0.510. The van der Waals surface area contributed by atoms with E-state index in [4.69, 9.17) is 4.74 Å². The number of carbonyl (C=O) groups excluding carboxylic acids is 2. The SMILES string of the molecule is CCOC(=O)NC(C(=O)N1CCCCCC1)C(C)C. The van der Waals surface area contributed by atoms with Crippen LogP contribution in [0.5, 0.6) is 0 Å². The molecule has 110 valence electrons. The Morgan fingerprint density at radius 2 is 1.74 bits per heavy atom. The summed E-state index contributed by atoms with van der Waals surface area (Å²) in [6, 6.07) is -0.489. The number of alkyl carbamates (subject to hydrolysis) is 1.